The van der Waals surface area contributed by atoms with E-state index < -0.39 is 0 Å². The van der Waals surface area contributed by atoms with Crippen LogP contribution in [0.4, 0.5) is 0 Å². The fourth-order valence-corrected chi connectivity index (χ4v) is 1.97. The first-order valence-corrected chi connectivity index (χ1v) is 5.92. The molecule has 1 heterocycles. The van der Waals surface area contributed by atoms with Crippen molar-refractivity contribution in [1.29, 1.82) is 0 Å². The molecule has 0 spiro atoms. The van der Waals surface area contributed by atoms with E-state index in [0.29, 0.717) is 5.92 Å². The van der Waals surface area contributed by atoms with Crippen molar-refractivity contribution >= 4 is 0 Å². The molecule has 1 aliphatic rings. The van der Waals surface area contributed by atoms with E-state index in [1.807, 2.05) is 12.3 Å². The molecule has 0 saturated carbocycles. The average molecular weight is 217 g/mol. The molecule has 0 amide bonds. The number of rotatable bonds is 3. The summed E-state index contributed by atoms with van der Waals surface area (Å²) >= 11 is 0. The summed E-state index contributed by atoms with van der Waals surface area (Å²) in [7, 11) is 0. The standard InChI is InChI=1S/C14H19NO/c1-11(2)16-14-5-3-4-13(10-14)12-6-8-15-9-7-12/h3-6,8,10-12,15H,7,9H2,1-2H3. The maximum absolute atomic E-state index is 5.71. The van der Waals surface area contributed by atoms with E-state index >= 15 is 0 Å². The van der Waals surface area contributed by atoms with Crippen molar-refractivity contribution in [1.82, 2.24) is 5.32 Å². The molecule has 0 saturated heterocycles. The highest BCUT2D eigenvalue weighted by molar-refractivity contribution is 5.33. The van der Waals surface area contributed by atoms with Crippen LogP contribution < -0.4 is 10.1 Å². The second-order valence-corrected chi connectivity index (χ2v) is 4.45. The van der Waals surface area contributed by atoms with Crippen LogP contribution in [-0.2, 0) is 0 Å². The fraction of sp³-hybridized carbons (Fsp3) is 0.429. The van der Waals surface area contributed by atoms with Gasteiger partial charge < -0.3 is 10.1 Å². The molecule has 2 heteroatoms. The van der Waals surface area contributed by atoms with Crippen molar-refractivity contribution in [2.24, 2.45) is 0 Å². The summed E-state index contributed by atoms with van der Waals surface area (Å²) in [5.41, 5.74) is 1.34. The third-order valence-corrected chi connectivity index (χ3v) is 2.70. The normalized spacial score (nSPS) is 19.6. The van der Waals surface area contributed by atoms with Gasteiger partial charge in [0.15, 0.2) is 0 Å². The van der Waals surface area contributed by atoms with E-state index in [1.54, 1.807) is 0 Å². The van der Waals surface area contributed by atoms with Crippen molar-refractivity contribution in [3.05, 3.63) is 42.1 Å². The van der Waals surface area contributed by atoms with Gasteiger partial charge in [0.05, 0.1) is 6.10 Å². The second-order valence-electron chi connectivity index (χ2n) is 4.45. The third-order valence-electron chi connectivity index (χ3n) is 2.70. The Morgan fingerprint density at radius 2 is 2.25 bits per heavy atom. The van der Waals surface area contributed by atoms with Crippen molar-refractivity contribution in [2.45, 2.75) is 32.3 Å². The van der Waals surface area contributed by atoms with Gasteiger partial charge >= 0.3 is 0 Å². The Labute approximate surface area is 97.3 Å². The number of hydrogen-bond acceptors (Lipinski definition) is 2. The Morgan fingerprint density at radius 3 is 2.94 bits per heavy atom. The zero-order valence-corrected chi connectivity index (χ0v) is 9.94. The molecule has 2 nitrogen and oxygen atoms in total. The SMILES string of the molecule is CC(C)Oc1cccc(C2C=CNCC2)c1. The minimum atomic E-state index is 0.235. The van der Waals surface area contributed by atoms with Crippen LogP contribution in [0.1, 0.15) is 31.7 Å². The molecule has 86 valence electrons. The van der Waals surface area contributed by atoms with Gasteiger partial charge in [0, 0.05) is 12.5 Å². The van der Waals surface area contributed by atoms with Crippen LogP contribution >= 0.6 is 0 Å². The van der Waals surface area contributed by atoms with Gasteiger partial charge in [-0.15, -0.1) is 0 Å². The number of benzene rings is 1. The largest absolute Gasteiger partial charge is 0.491 e. The van der Waals surface area contributed by atoms with Gasteiger partial charge in [-0.3, -0.25) is 0 Å². The van der Waals surface area contributed by atoms with Gasteiger partial charge in [0.25, 0.3) is 0 Å². The van der Waals surface area contributed by atoms with Crippen LogP contribution in [-0.4, -0.2) is 12.6 Å². The van der Waals surface area contributed by atoms with E-state index in [9.17, 15) is 0 Å². The molecular weight excluding hydrogens is 198 g/mol. The van der Waals surface area contributed by atoms with E-state index in [1.165, 1.54) is 5.56 Å². The highest BCUT2D eigenvalue weighted by atomic mass is 16.5. The third kappa shape index (κ3) is 2.78. The van der Waals surface area contributed by atoms with Gasteiger partial charge in [-0.05, 0) is 44.2 Å². The van der Waals surface area contributed by atoms with Crippen LogP contribution in [0.3, 0.4) is 0 Å². The van der Waals surface area contributed by atoms with Crippen LogP contribution in [0.5, 0.6) is 5.75 Å². The first kappa shape index (κ1) is 11.1. The van der Waals surface area contributed by atoms with Gasteiger partial charge in [0.1, 0.15) is 5.75 Å². The number of hydrogen-bond donors (Lipinski definition) is 1. The van der Waals surface area contributed by atoms with Crippen molar-refractivity contribution < 1.29 is 4.74 Å². The van der Waals surface area contributed by atoms with E-state index in [-0.39, 0.29) is 6.10 Å². The lowest BCUT2D eigenvalue weighted by molar-refractivity contribution is 0.242. The van der Waals surface area contributed by atoms with Gasteiger partial charge in [-0.1, -0.05) is 18.2 Å². The van der Waals surface area contributed by atoms with E-state index in [0.717, 1.165) is 18.7 Å². The molecule has 16 heavy (non-hydrogen) atoms. The molecular formula is C14H19NO. The number of ether oxygens (including phenoxy) is 1. The maximum atomic E-state index is 5.71. The lowest BCUT2D eigenvalue weighted by Crippen LogP contribution is -2.16. The molecule has 2 rings (SSSR count). The van der Waals surface area contributed by atoms with E-state index in [2.05, 4.69) is 43.4 Å². The Kier molecular flexibility index (Phi) is 3.50. The lowest BCUT2D eigenvalue weighted by atomic mass is 9.94. The van der Waals surface area contributed by atoms with Gasteiger partial charge in [-0.25, -0.2) is 0 Å². The number of allylic oxidation sites excluding steroid dienone is 1. The molecule has 0 bridgehead atoms. The Bertz CT molecular complexity index is 371. The molecule has 0 radical (unpaired) electrons. The highest BCUT2D eigenvalue weighted by Gasteiger charge is 2.11. The molecule has 0 aliphatic carbocycles. The van der Waals surface area contributed by atoms with Crippen molar-refractivity contribution in [2.75, 3.05) is 6.54 Å². The van der Waals surface area contributed by atoms with Crippen LogP contribution in [0, 0.1) is 0 Å². The molecule has 0 fully saturated rings. The smallest absolute Gasteiger partial charge is 0.119 e. The zero-order valence-electron chi connectivity index (χ0n) is 9.94. The predicted octanol–water partition coefficient (Wildman–Crippen LogP) is 3.06. The van der Waals surface area contributed by atoms with Gasteiger partial charge in [0.2, 0.25) is 0 Å². The van der Waals surface area contributed by atoms with Gasteiger partial charge in [-0.2, -0.15) is 0 Å². The molecule has 1 aliphatic heterocycles. The lowest BCUT2D eigenvalue weighted by Gasteiger charge is -2.19. The fourth-order valence-electron chi connectivity index (χ4n) is 1.97. The van der Waals surface area contributed by atoms with E-state index in [4.69, 9.17) is 4.74 Å². The highest BCUT2D eigenvalue weighted by Crippen LogP contribution is 2.26. The number of nitrogens with one attached hydrogen (secondary N) is 1. The summed E-state index contributed by atoms with van der Waals surface area (Å²) in [5.74, 6) is 1.50. The molecule has 1 N–H and O–H groups in total. The summed E-state index contributed by atoms with van der Waals surface area (Å²) in [6.07, 6.45) is 5.66. The predicted molar refractivity (Wildman–Crippen MR) is 66.7 cm³/mol. The quantitative estimate of drug-likeness (QED) is 0.840. The monoisotopic (exact) mass is 217 g/mol. The topological polar surface area (TPSA) is 21.3 Å². The molecule has 1 atom stereocenters. The minimum Gasteiger partial charge on any atom is -0.491 e. The minimum absolute atomic E-state index is 0.235. The zero-order chi connectivity index (χ0) is 11.4. The summed E-state index contributed by atoms with van der Waals surface area (Å²) in [6.45, 7) is 5.16. The molecule has 1 aromatic carbocycles. The molecule has 0 aromatic heterocycles. The molecule has 1 aromatic rings. The summed E-state index contributed by atoms with van der Waals surface area (Å²) in [6, 6.07) is 8.42. The maximum Gasteiger partial charge on any atom is 0.119 e. The van der Waals surface area contributed by atoms with Crippen molar-refractivity contribution in [3.63, 3.8) is 0 Å². The second kappa shape index (κ2) is 5.06. The Balaban J connectivity index is 2.14. The first-order valence-electron chi connectivity index (χ1n) is 5.92. The van der Waals surface area contributed by atoms with Crippen molar-refractivity contribution in [3.8, 4) is 5.75 Å². The summed E-state index contributed by atoms with van der Waals surface area (Å²) < 4.78 is 5.71. The summed E-state index contributed by atoms with van der Waals surface area (Å²) in [5, 5.41) is 3.22. The molecule has 1 unspecified atom stereocenters. The Morgan fingerprint density at radius 1 is 1.38 bits per heavy atom. The van der Waals surface area contributed by atoms with Crippen LogP contribution in [0.25, 0.3) is 0 Å². The first-order chi connectivity index (χ1) is 7.75. The summed E-state index contributed by atoms with van der Waals surface area (Å²) in [4.78, 5) is 0. The Hall–Kier alpha value is -1.44. The average Bonchev–Trinajstić information content (AvgIpc) is 2.30. The van der Waals surface area contributed by atoms with Crippen LogP contribution in [0.15, 0.2) is 36.5 Å². The van der Waals surface area contributed by atoms with Crippen LogP contribution in [0.2, 0.25) is 0 Å².